The average Bonchev–Trinajstić information content (AvgIpc) is 2.38. The number of pyridine rings is 1. The lowest BCUT2D eigenvalue weighted by Gasteiger charge is -2.32. The lowest BCUT2D eigenvalue weighted by Crippen LogP contribution is -2.45. The van der Waals surface area contributed by atoms with E-state index in [0.717, 1.165) is 26.2 Å². The summed E-state index contributed by atoms with van der Waals surface area (Å²) in [7, 11) is 0. The molecule has 1 aromatic heterocycles. The molecule has 1 unspecified atom stereocenters. The van der Waals surface area contributed by atoms with E-state index in [1.807, 2.05) is 0 Å². The monoisotopic (exact) mass is 273 g/mol. The zero-order chi connectivity index (χ0) is 13.0. The van der Waals surface area contributed by atoms with Crippen molar-refractivity contribution in [1.29, 1.82) is 0 Å². The Hall–Kier alpha value is -0.910. The van der Waals surface area contributed by atoms with Crippen molar-refractivity contribution in [2.24, 2.45) is 0 Å². The van der Waals surface area contributed by atoms with Crippen LogP contribution in [-0.2, 0) is 4.74 Å². The second-order valence-electron chi connectivity index (χ2n) is 4.25. The van der Waals surface area contributed by atoms with Crippen LogP contribution in [0.2, 0.25) is 5.02 Å². The van der Waals surface area contributed by atoms with Crippen LogP contribution in [0.1, 0.15) is 6.92 Å². The molecular formula is C12H17ClFN3O. The van der Waals surface area contributed by atoms with E-state index < -0.39 is 5.82 Å². The van der Waals surface area contributed by atoms with Crippen LogP contribution in [0.15, 0.2) is 12.3 Å². The maximum atomic E-state index is 13.5. The van der Waals surface area contributed by atoms with E-state index in [4.69, 9.17) is 16.3 Å². The predicted molar refractivity (Wildman–Crippen MR) is 69.5 cm³/mol. The van der Waals surface area contributed by atoms with Crippen molar-refractivity contribution in [2.75, 3.05) is 38.1 Å². The summed E-state index contributed by atoms with van der Waals surface area (Å²) in [5.41, 5.74) is 0. The molecule has 1 aliphatic heterocycles. The van der Waals surface area contributed by atoms with E-state index in [9.17, 15) is 4.39 Å². The Morgan fingerprint density at radius 1 is 1.67 bits per heavy atom. The molecule has 4 nitrogen and oxygen atoms in total. The van der Waals surface area contributed by atoms with Gasteiger partial charge in [0.2, 0.25) is 0 Å². The number of ether oxygens (including phenoxy) is 1. The van der Waals surface area contributed by atoms with Gasteiger partial charge in [0.15, 0.2) is 11.6 Å². The topological polar surface area (TPSA) is 37.4 Å². The number of halogens is 2. The largest absolute Gasteiger partial charge is 0.374 e. The third kappa shape index (κ3) is 3.54. The van der Waals surface area contributed by atoms with Gasteiger partial charge in [0.05, 0.1) is 17.7 Å². The van der Waals surface area contributed by atoms with Crippen molar-refractivity contribution in [1.82, 2.24) is 9.88 Å². The quantitative estimate of drug-likeness (QED) is 0.911. The molecule has 0 aromatic carbocycles. The third-order valence-corrected chi connectivity index (χ3v) is 3.18. The Morgan fingerprint density at radius 2 is 2.50 bits per heavy atom. The fourth-order valence-electron chi connectivity index (χ4n) is 1.95. The summed E-state index contributed by atoms with van der Waals surface area (Å²) in [5, 5.41) is 3.25. The summed E-state index contributed by atoms with van der Waals surface area (Å²) in [6, 6.07) is 1.25. The Kier molecular flexibility index (Phi) is 4.74. The van der Waals surface area contributed by atoms with Crippen molar-refractivity contribution in [3.63, 3.8) is 0 Å². The molecule has 1 saturated heterocycles. The number of aromatic nitrogens is 1. The van der Waals surface area contributed by atoms with Gasteiger partial charge in [0.25, 0.3) is 0 Å². The first-order valence-electron chi connectivity index (χ1n) is 6.08. The van der Waals surface area contributed by atoms with Gasteiger partial charge in [-0.2, -0.15) is 0 Å². The molecule has 0 bridgehead atoms. The first-order chi connectivity index (χ1) is 8.69. The van der Waals surface area contributed by atoms with Crippen LogP contribution in [0.5, 0.6) is 0 Å². The summed E-state index contributed by atoms with van der Waals surface area (Å²) in [6.07, 6.45) is 1.49. The number of nitrogens with zero attached hydrogens (tertiary/aromatic N) is 2. The Labute approximate surface area is 111 Å². The van der Waals surface area contributed by atoms with E-state index in [2.05, 4.69) is 22.1 Å². The molecule has 100 valence electrons. The van der Waals surface area contributed by atoms with E-state index in [0.29, 0.717) is 11.6 Å². The lowest BCUT2D eigenvalue weighted by atomic mass is 10.2. The van der Waals surface area contributed by atoms with Crippen LogP contribution in [-0.4, -0.2) is 48.8 Å². The second-order valence-corrected chi connectivity index (χ2v) is 4.69. The van der Waals surface area contributed by atoms with E-state index in [1.165, 1.54) is 12.3 Å². The van der Waals surface area contributed by atoms with Crippen LogP contribution in [0.4, 0.5) is 10.2 Å². The number of rotatable bonds is 4. The molecule has 2 rings (SSSR count). The van der Waals surface area contributed by atoms with Gasteiger partial charge in [0, 0.05) is 25.8 Å². The molecule has 1 N–H and O–H groups in total. The summed E-state index contributed by atoms with van der Waals surface area (Å²) in [5.74, 6) is -0.220. The van der Waals surface area contributed by atoms with Crippen LogP contribution in [0, 0.1) is 5.82 Å². The average molecular weight is 274 g/mol. The van der Waals surface area contributed by atoms with Gasteiger partial charge in [-0.1, -0.05) is 18.5 Å². The molecular weight excluding hydrogens is 257 g/mol. The molecule has 1 aromatic rings. The molecule has 18 heavy (non-hydrogen) atoms. The SMILES string of the molecule is CCN1CCOC(CNc2ncc(Cl)cc2F)C1. The van der Waals surface area contributed by atoms with E-state index >= 15 is 0 Å². The first kappa shape index (κ1) is 13.5. The minimum absolute atomic E-state index is 0.0654. The molecule has 1 fully saturated rings. The van der Waals surface area contributed by atoms with Gasteiger partial charge < -0.3 is 10.1 Å². The Morgan fingerprint density at radius 3 is 3.22 bits per heavy atom. The summed E-state index contributed by atoms with van der Waals surface area (Å²) in [6.45, 7) is 6.21. The van der Waals surface area contributed by atoms with Gasteiger partial charge in [-0.05, 0) is 12.6 Å². The highest BCUT2D eigenvalue weighted by Gasteiger charge is 2.19. The number of hydrogen-bond acceptors (Lipinski definition) is 4. The smallest absolute Gasteiger partial charge is 0.166 e. The second kappa shape index (κ2) is 6.31. The van der Waals surface area contributed by atoms with Crippen molar-refractivity contribution in [2.45, 2.75) is 13.0 Å². The molecule has 2 heterocycles. The van der Waals surface area contributed by atoms with Gasteiger partial charge >= 0.3 is 0 Å². The van der Waals surface area contributed by atoms with Crippen LogP contribution < -0.4 is 5.32 Å². The van der Waals surface area contributed by atoms with Gasteiger partial charge in [0.1, 0.15) is 0 Å². The maximum Gasteiger partial charge on any atom is 0.166 e. The van der Waals surface area contributed by atoms with E-state index in [-0.39, 0.29) is 11.9 Å². The van der Waals surface area contributed by atoms with Crippen LogP contribution >= 0.6 is 11.6 Å². The number of likely N-dealkylation sites (N-methyl/N-ethyl adjacent to an activating group) is 1. The number of morpholine rings is 1. The fourth-order valence-corrected chi connectivity index (χ4v) is 2.09. The molecule has 6 heteroatoms. The van der Waals surface area contributed by atoms with Gasteiger partial charge in [-0.3, -0.25) is 4.90 Å². The minimum atomic E-state index is -0.439. The van der Waals surface area contributed by atoms with Crippen molar-refractivity contribution < 1.29 is 9.13 Å². The normalized spacial score (nSPS) is 20.9. The number of hydrogen-bond donors (Lipinski definition) is 1. The molecule has 0 amide bonds. The molecule has 0 radical (unpaired) electrons. The summed E-state index contributed by atoms with van der Waals surface area (Å²) < 4.78 is 19.1. The van der Waals surface area contributed by atoms with Crippen LogP contribution in [0.3, 0.4) is 0 Å². The zero-order valence-corrected chi connectivity index (χ0v) is 11.1. The lowest BCUT2D eigenvalue weighted by molar-refractivity contribution is -0.0192. The first-order valence-corrected chi connectivity index (χ1v) is 6.45. The highest BCUT2D eigenvalue weighted by Crippen LogP contribution is 2.16. The molecule has 0 spiro atoms. The maximum absolute atomic E-state index is 13.5. The van der Waals surface area contributed by atoms with E-state index in [1.54, 1.807) is 0 Å². The highest BCUT2D eigenvalue weighted by atomic mass is 35.5. The van der Waals surface area contributed by atoms with Gasteiger partial charge in [-0.25, -0.2) is 9.37 Å². The minimum Gasteiger partial charge on any atom is -0.374 e. The van der Waals surface area contributed by atoms with Crippen molar-refractivity contribution >= 4 is 17.4 Å². The van der Waals surface area contributed by atoms with Crippen LogP contribution in [0.25, 0.3) is 0 Å². The Bertz CT molecular complexity index is 405. The van der Waals surface area contributed by atoms with Gasteiger partial charge in [-0.15, -0.1) is 0 Å². The molecule has 0 aliphatic carbocycles. The molecule has 1 aliphatic rings. The number of nitrogens with one attached hydrogen (secondary N) is 1. The Balaban J connectivity index is 1.87. The number of anilines is 1. The fraction of sp³-hybridized carbons (Fsp3) is 0.583. The highest BCUT2D eigenvalue weighted by molar-refractivity contribution is 6.30. The third-order valence-electron chi connectivity index (χ3n) is 2.98. The molecule has 0 saturated carbocycles. The van der Waals surface area contributed by atoms with Crippen molar-refractivity contribution in [3.8, 4) is 0 Å². The molecule has 1 atom stereocenters. The predicted octanol–water partition coefficient (Wildman–Crippen LogP) is 2.01. The summed E-state index contributed by atoms with van der Waals surface area (Å²) in [4.78, 5) is 6.22. The summed E-state index contributed by atoms with van der Waals surface area (Å²) >= 11 is 5.64. The zero-order valence-electron chi connectivity index (χ0n) is 10.3. The van der Waals surface area contributed by atoms with Crippen molar-refractivity contribution in [3.05, 3.63) is 23.1 Å². The standard InChI is InChI=1S/C12H17ClFN3O/c1-2-17-3-4-18-10(8-17)7-16-12-11(14)5-9(13)6-15-12/h5-6,10H,2-4,7-8H2,1H3,(H,15,16).